The number of carboxylic acids is 1. The monoisotopic (exact) mass is 286 g/mol. The minimum Gasteiger partial charge on any atom is -0.478 e. The number of methoxy groups -OCH3 is 1. The molecule has 1 aromatic rings. The molecule has 0 saturated carbocycles. The summed E-state index contributed by atoms with van der Waals surface area (Å²) in [7, 11) is -2.38. The first kappa shape index (κ1) is 15.2. The lowest BCUT2D eigenvalue weighted by Crippen LogP contribution is -2.15. The van der Waals surface area contributed by atoms with E-state index in [2.05, 4.69) is 4.74 Å². The van der Waals surface area contributed by atoms with Gasteiger partial charge in [-0.2, -0.15) is 0 Å². The minimum absolute atomic E-state index is 0.0517. The average Bonchev–Trinajstić information content (AvgIpc) is 2.36. The van der Waals surface area contributed by atoms with Gasteiger partial charge in [-0.3, -0.25) is 4.79 Å². The summed E-state index contributed by atoms with van der Waals surface area (Å²) in [6.45, 7) is 0. The van der Waals surface area contributed by atoms with Gasteiger partial charge in [0.25, 0.3) is 0 Å². The predicted molar refractivity (Wildman–Crippen MR) is 67.5 cm³/mol. The van der Waals surface area contributed by atoms with Gasteiger partial charge in [0, 0.05) is 0 Å². The van der Waals surface area contributed by atoms with Crippen LogP contribution in [0.4, 0.5) is 0 Å². The zero-order valence-electron chi connectivity index (χ0n) is 10.3. The molecule has 0 aliphatic heterocycles. The third kappa shape index (κ3) is 4.70. The Morgan fingerprint density at radius 2 is 1.89 bits per heavy atom. The van der Waals surface area contributed by atoms with Crippen LogP contribution in [0.25, 0.3) is 0 Å². The maximum atomic E-state index is 11.8. The number of hydrogen-bond donors (Lipinski definition) is 1. The van der Waals surface area contributed by atoms with Gasteiger partial charge in [-0.1, -0.05) is 18.2 Å². The van der Waals surface area contributed by atoms with Crippen molar-refractivity contribution in [1.29, 1.82) is 0 Å². The van der Waals surface area contributed by atoms with Gasteiger partial charge >= 0.3 is 11.9 Å². The fraction of sp³-hybridized carbons (Fsp3) is 0.333. The second kappa shape index (κ2) is 6.33. The molecule has 0 unspecified atom stereocenters. The van der Waals surface area contributed by atoms with E-state index in [0.717, 1.165) is 0 Å². The number of aromatic carboxylic acids is 1. The van der Waals surface area contributed by atoms with Crippen LogP contribution in [0.3, 0.4) is 0 Å². The van der Waals surface area contributed by atoms with E-state index in [-0.39, 0.29) is 23.3 Å². The first-order chi connectivity index (χ1) is 8.85. The number of carbonyl (C=O) groups excluding carboxylic acids is 1. The lowest BCUT2D eigenvalue weighted by Gasteiger charge is -2.07. The van der Waals surface area contributed by atoms with E-state index in [0.29, 0.717) is 0 Å². The lowest BCUT2D eigenvalue weighted by molar-refractivity contribution is -0.140. The van der Waals surface area contributed by atoms with Crippen LogP contribution in [0.5, 0.6) is 0 Å². The summed E-state index contributed by atoms with van der Waals surface area (Å²) >= 11 is 0. The molecule has 6 nitrogen and oxygen atoms in total. The third-order valence-electron chi connectivity index (χ3n) is 2.47. The molecule has 0 radical (unpaired) electrons. The highest BCUT2D eigenvalue weighted by atomic mass is 32.2. The fourth-order valence-electron chi connectivity index (χ4n) is 1.50. The number of carboxylic acid groups (broad SMARTS) is 1. The molecule has 0 aliphatic carbocycles. The van der Waals surface area contributed by atoms with E-state index < -0.39 is 27.5 Å². The summed E-state index contributed by atoms with van der Waals surface area (Å²) < 4.78 is 27.9. The Hall–Kier alpha value is -1.89. The van der Waals surface area contributed by atoms with E-state index in [1.165, 1.54) is 25.3 Å². The molecule has 104 valence electrons. The zero-order chi connectivity index (χ0) is 14.5. The molecule has 1 aromatic carbocycles. The van der Waals surface area contributed by atoms with Crippen molar-refractivity contribution in [2.24, 2.45) is 0 Å². The van der Waals surface area contributed by atoms with E-state index in [9.17, 15) is 18.0 Å². The molecular weight excluding hydrogens is 272 g/mol. The van der Waals surface area contributed by atoms with Crippen molar-refractivity contribution >= 4 is 21.8 Å². The number of esters is 1. The number of ether oxygens (including phenoxy) is 1. The van der Waals surface area contributed by atoms with Gasteiger partial charge in [-0.15, -0.1) is 0 Å². The second-order valence-corrected chi connectivity index (χ2v) is 6.06. The average molecular weight is 286 g/mol. The van der Waals surface area contributed by atoms with Crippen LogP contribution in [0.15, 0.2) is 24.3 Å². The van der Waals surface area contributed by atoms with Crippen LogP contribution < -0.4 is 0 Å². The Balaban J connectivity index is 2.84. The van der Waals surface area contributed by atoms with Gasteiger partial charge in [-0.25, -0.2) is 13.2 Å². The van der Waals surface area contributed by atoms with E-state index in [1.807, 2.05) is 0 Å². The number of rotatable bonds is 6. The van der Waals surface area contributed by atoms with E-state index in [1.54, 1.807) is 6.07 Å². The number of carbonyl (C=O) groups is 2. The minimum atomic E-state index is -3.56. The highest BCUT2D eigenvalue weighted by Gasteiger charge is 2.18. The summed E-state index contributed by atoms with van der Waals surface area (Å²) in [5, 5.41) is 8.95. The van der Waals surface area contributed by atoms with Crippen LogP contribution in [0, 0.1) is 0 Å². The van der Waals surface area contributed by atoms with Crippen LogP contribution in [0.2, 0.25) is 0 Å². The SMILES string of the molecule is COC(=O)CCS(=O)(=O)Cc1ccccc1C(=O)O. The summed E-state index contributed by atoms with van der Waals surface area (Å²) in [6.07, 6.45) is -0.242. The summed E-state index contributed by atoms with van der Waals surface area (Å²) in [5.41, 5.74) is 0.156. The number of hydrogen-bond acceptors (Lipinski definition) is 5. The molecule has 0 aromatic heterocycles. The molecule has 7 heteroatoms. The molecule has 0 atom stereocenters. The Morgan fingerprint density at radius 1 is 1.26 bits per heavy atom. The molecule has 0 saturated heterocycles. The molecular formula is C12H14O6S. The van der Waals surface area contributed by atoms with Crippen molar-refractivity contribution in [3.63, 3.8) is 0 Å². The van der Waals surface area contributed by atoms with Gasteiger partial charge in [0.05, 0.1) is 30.6 Å². The summed E-state index contributed by atoms with van der Waals surface area (Å²) in [5.74, 6) is -2.58. The topological polar surface area (TPSA) is 97.7 Å². The first-order valence-corrected chi connectivity index (χ1v) is 7.26. The summed E-state index contributed by atoms with van der Waals surface area (Å²) in [6, 6.07) is 5.87. The van der Waals surface area contributed by atoms with Gasteiger partial charge < -0.3 is 9.84 Å². The van der Waals surface area contributed by atoms with Crippen molar-refractivity contribution in [2.45, 2.75) is 12.2 Å². The molecule has 0 bridgehead atoms. The first-order valence-electron chi connectivity index (χ1n) is 5.44. The van der Waals surface area contributed by atoms with Crippen LogP contribution in [-0.4, -0.2) is 38.3 Å². The fourth-order valence-corrected chi connectivity index (χ4v) is 2.85. The van der Waals surface area contributed by atoms with Crippen LogP contribution in [0.1, 0.15) is 22.3 Å². The van der Waals surface area contributed by atoms with E-state index in [4.69, 9.17) is 5.11 Å². The molecule has 0 aliphatic rings. The Morgan fingerprint density at radius 3 is 2.47 bits per heavy atom. The van der Waals surface area contributed by atoms with Crippen molar-refractivity contribution < 1.29 is 27.9 Å². The van der Waals surface area contributed by atoms with Crippen molar-refractivity contribution in [3.8, 4) is 0 Å². The molecule has 0 amide bonds. The number of benzene rings is 1. The summed E-state index contributed by atoms with van der Waals surface area (Å²) in [4.78, 5) is 21.9. The normalized spacial score (nSPS) is 11.0. The van der Waals surface area contributed by atoms with Gasteiger partial charge in [0.2, 0.25) is 0 Å². The van der Waals surface area contributed by atoms with E-state index >= 15 is 0 Å². The van der Waals surface area contributed by atoms with Crippen LogP contribution in [-0.2, 0) is 25.1 Å². The molecule has 1 rings (SSSR count). The van der Waals surface area contributed by atoms with Gasteiger partial charge in [0.15, 0.2) is 9.84 Å². The van der Waals surface area contributed by atoms with Crippen molar-refractivity contribution in [1.82, 2.24) is 0 Å². The predicted octanol–water partition coefficient (Wildman–Crippen LogP) is 0.863. The number of sulfone groups is 1. The molecule has 0 heterocycles. The second-order valence-electron chi connectivity index (χ2n) is 3.88. The largest absolute Gasteiger partial charge is 0.478 e. The van der Waals surface area contributed by atoms with Crippen molar-refractivity contribution in [3.05, 3.63) is 35.4 Å². The molecule has 1 N–H and O–H groups in total. The van der Waals surface area contributed by atoms with Gasteiger partial charge in [0.1, 0.15) is 0 Å². The quantitative estimate of drug-likeness (QED) is 0.779. The maximum Gasteiger partial charge on any atom is 0.335 e. The molecule has 19 heavy (non-hydrogen) atoms. The van der Waals surface area contributed by atoms with Crippen molar-refractivity contribution in [2.75, 3.05) is 12.9 Å². The Kier molecular flexibility index (Phi) is 5.05. The zero-order valence-corrected chi connectivity index (χ0v) is 11.1. The Bertz CT molecular complexity index is 576. The Labute approximate surface area is 110 Å². The highest BCUT2D eigenvalue weighted by Crippen LogP contribution is 2.13. The molecule has 0 spiro atoms. The standard InChI is InChI=1S/C12H14O6S/c1-18-11(13)6-7-19(16,17)8-9-4-2-3-5-10(9)12(14)15/h2-5H,6-8H2,1H3,(H,14,15). The highest BCUT2D eigenvalue weighted by molar-refractivity contribution is 7.90. The van der Waals surface area contributed by atoms with Gasteiger partial charge in [-0.05, 0) is 11.6 Å². The third-order valence-corrected chi connectivity index (χ3v) is 4.05. The maximum absolute atomic E-state index is 11.8. The van der Waals surface area contributed by atoms with Crippen LogP contribution >= 0.6 is 0 Å². The molecule has 0 fully saturated rings. The smallest absolute Gasteiger partial charge is 0.335 e. The lowest BCUT2D eigenvalue weighted by atomic mass is 10.1.